The minimum Gasteiger partial charge on any atom is -0.444 e. The van der Waals surface area contributed by atoms with Crippen molar-refractivity contribution in [2.24, 2.45) is 0 Å². The number of nitrogens with one attached hydrogen (secondary N) is 4. The summed E-state index contributed by atoms with van der Waals surface area (Å²) in [5.74, 6) is -1.01. The summed E-state index contributed by atoms with van der Waals surface area (Å²) in [5, 5.41) is 10.3. The van der Waals surface area contributed by atoms with E-state index in [0.29, 0.717) is 51.5 Å². The van der Waals surface area contributed by atoms with E-state index in [1.54, 1.807) is 32.9 Å². The summed E-state index contributed by atoms with van der Waals surface area (Å²) in [5.41, 5.74) is 1.57. The molecule has 4 N–H and O–H groups in total. The first-order chi connectivity index (χ1) is 18.5. The van der Waals surface area contributed by atoms with Gasteiger partial charge in [0.15, 0.2) is 0 Å². The van der Waals surface area contributed by atoms with Crippen molar-refractivity contribution in [3.05, 3.63) is 34.9 Å². The van der Waals surface area contributed by atoms with E-state index in [4.69, 9.17) is 14.2 Å². The zero-order valence-electron chi connectivity index (χ0n) is 22.6. The molecular formula is C26H37N5O8. The van der Waals surface area contributed by atoms with E-state index in [1.165, 1.54) is 4.90 Å². The van der Waals surface area contributed by atoms with Crippen molar-refractivity contribution in [3.63, 3.8) is 0 Å². The van der Waals surface area contributed by atoms with Crippen LogP contribution in [0.2, 0.25) is 0 Å². The van der Waals surface area contributed by atoms with Crippen molar-refractivity contribution >= 4 is 29.8 Å². The predicted molar refractivity (Wildman–Crippen MR) is 139 cm³/mol. The third kappa shape index (κ3) is 9.52. The highest BCUT2D eigenvalue weighted by molar-refractivity contribution is 6.05. The maximum absolute atomic E-state index is 12.8. The fraction of sp³-hybridized carbons (Fsp3) is 0.577. The van der Waals surface area contributed by atoms with E-state index >= 15 is 0 Å². The number of imide groups is 1. The maximum atomic E-state index is 12.8. The molecule has 1 unspecified atom stereocenters. The Morgan fingerprint density at radius 1 is 1.00 bits per heavy atom. The van der Waals surface area contributed by atoms with Crippen molar-refractivity contribution < 1.29 is 38.2 Å². The molecular weight excluding hydrogens is 510 g/mol. The van der Waals surface area contributed by atoms with Gasteiger partial charge in [-0.25, -0.2) is 9.59 Å². The third-order valence-electron chi connectivity index (χ3n) is 5.86. The highest BCUT2D eigenvalue weighted by Crippen LogP contribution is 2.28. The van der Waals surface area contributed by atoms with Crippen LogP contribution in [0, 0.1) is 0 Å². The van der Waals surface area contributed by atoms with E-state index < -0.39 is 23.6 Å². The van der Waals surface area contributed by atoms with Gasteiger partial charge in [0.05, 0.1) is 26.4 Å². The van der Waals surface area contributed by atoms with Gasteiger partial charge >= 0.3 is 12.1 Å². The smallest absolute Gasteiger partial charge is 0.407 e. The highest BCUT2D eigenvalue weighted by atomic mass is 16.6. The topological polar surface area (TPSA) is 164 Å². The Kier molecular flexibility index (Phi) is 10.6. The van der Waals surface area contributed by atoms with Crippen LogP contribution >= 0.6 is 0 Å². The molecule has 0 aliphatic carbocycles. The lowest BCUT2D eigenvalue weighted by molar-refractivity contribution is -0.136. The predicted octanol–water partition coefficient (Wildman–Crippen LogP) is 0.805. The summed E-state index contributed by atoms with van der Waals surface area (Å²) >= 11 is 0. The number of benzene rings is 1. The Morgan fingerprint density at radius 3 is 2.36 bits per heavy atom. The van der Waals surface area contributed by atoms with Crippen molar-refractivity contribution in [2.75, 3.05) is 39.5 Å². The van der Waals surface area contributed by atoms with Gasteiger partial charge in [0.25, 0.3) is 5.91 Å². The SMILES string of the molecule is CC(C)(C)OC(=O)NCCOCCOCCNC(=O)NCc1ccc2c(c1)CN(C1CCC(=O)NC1=O)C2=O. The van der Waals surface area contributed by atoms with Gasteiger partial charge in [0.2, 0.25) is 11.8 Å². The van der Waals surface area contributed by atoms with Gasteiger partial charge < -0.3 is 35.1 Å². The van der Waals surface area contributed by atoms with E-state index in [1.807, 2.05) is 6.07 Å². The molecule has 0 aromatic heterocycles. The summed E-state index contributed by atoms with van der Waals surface area (Å²) < 4.78 is 15.9. The van der Waals surface area contributed by atoms with Crippen LogP contribution < -0.4 is 21.3 Å². The number of amides is 6. The number of nitrogens with zero attached hydrogens (tertiary/aromatic N) is 1. The van der Waals surface area contributed by atoms with Crippen molar-refractivity contribution in [1.82, 2.24) is 26.2 Å². The first-order valence-electron chi connectivity index (χ1n) is 12.9. The van der Waals surface area contributed by atoms with Gasteiger partial charge in [-0.2, -0.15) is 0 Å². The average Bonchev–Trinajstić information content (AvgIpc) is 3.18. The van der Waals surface area contributed by atoms with Gasteiger partial charge in [-0.05, 0) is 44.4 Å². The number of hydrogen-bond acceptors (Lipinski definition) is 8. The number of carbonyl (C=O) groups excluding carboxylic acids is 5. The molecule has 3 rings (SSSR count). The monoisotopic (exact) mass is 547 g/mol. The summed E-state index contributed by atoms with van der Waals surface area (Å²) in [4.78, 5) is 61.4. The number of carbonyl (C=O) groups is 5. The molecule has 214 valence electrons. The van der Waals surface area contributed by atoms with Gasteiger partial charge in [-0.15, -0.1) is 0 Å². The molecule has 2 aliphatic heterocycles. The molecule has 1 fully saturated rings. The number of alkyl carbamates (subject to hydrolysis) is 1. The van der Waals surface area contributed by atoms with Crippen LogP contribution in [0.3, 0.4) is 0 Å². The Labute approximate surface area is 227 Å². The van der Waals surface area contributed by atoms with Crippen molar-refractivity contribution in [3.8, 4) is 0 Å². The molecule has 0 bridgehead atoms. The number of urea groups is 1. The lowest BCUT2D eigenvalue weighted by Crippen LogP contribution is -2.52. The molecule has 1 saturated heterocycles. The maximum Gasteiger partial charge on any atom is 0.407 e. The number of ether oxygens (including phenoxy) is 3. The molecule has 13 heteroatoms. The standard InChI is InChI=1S/C26H37N5O8/c1-26(2,3)39-25(36)28-9-11-38-13-12-37-10-8-27-24(35)29-15-17-4-5-19-18(14-17)16-31(23(19)34)20-6-7-21(32)30-22(20)33/h4-5,14,20H,6-13,15-16H2,1-3H3,(H,28,36)(H2,27,29,35)(H,30,32,33). The fourth-order valence-electron chi connectivity index (χ4n) is 4.08. The van der Waals surface area contributed by atoms with Crippen LogP contribution in [0.5, 0.6) is 0 Å². The van der Waals surface area contributed by atoms with Gasteiger partial charge in [0, 0.05) is 38.2 Å². The summed E-state index contributed by atoms with van der Waals surface area (Å²) in [6.45, 7) is 7.89. The molecule has 1 aromatic rings. The lowest BCUT2D eigenvalue weighted by atomic mass is 10.0. The molecule has 39 heavy (non-hydrogen) atoms. The van der Waals surface area contributed by atoms with Crippen LogP contribution in [-0.4, -0.2) is 85.9 Å². The largest absolute Gasteiger partial charge is 0.444 e. The molecule has 2 heterocycles. The van der Waals surface area contributed by atoms with E-state index in [-0.39, 0.29) is 37.4 Å². The van der Waals surface area contributed by atoms with Gasteiger partial charge in [-0.3, -0.25) is 19.7 Å². The van der Waals surface area contributed by atoms with Crippen LogP contribution in [-0.2, 0) is 36.9 Å². The Balaban J connectivity index is 1.25. The Bertz CT molecular complexity index is 1070. The average molecular weight is 548 g/mol. The van der Waals surface area contributed by atoms with Crippen LogP contribution in [0.4, 0.5) is 9.59 Å². The second kappa shape index (κ2) is 13.9. The van der Waals surface area contributed by atoms with E-state index in [2.05, 4.69) is 21.3 Å². The van der Waals surface area contributed by atoms with E-state index in [0.717, 1.165) is 11.1 Å². The number of rotatable bonds is 12. The molecule has 2 aliphatic rings. The Morgan fingerprint density at radius 2 is 1.69 bits per heavy atom. The summed E-state index contributed by atoms with van der Waals surface area (Å²) in [6, 6.07) is 4.28. The molecule has 6 amide bonds. The quantitative estimate of drug-likeness (QED) is 0.220. The van der Waals surface area contributed by atoms with Crippen molar-refractivity contribution in [1.29, 1.82) is 0 Å². The van der Waals surface area contributed by atoms with Crippen LogP contribution in [0.15, 0.2) is 18.2 Å². The Hall–Kier alpha value is -3.71. The molecule has 1 aromatic carbocycles. The van der Waals surface area contributed by atoms with Crippen LogP contribution in [0.1, 0.15) is 55.1 Å². The van der Waals surface area contributed by atoms with Crippen LogP contribution in [0.25, 0.3) is 0 Å². The first-order valence-corrected chi connectivity index (χ1v) is 12.9. The fourth-order valence-corrected chi connectivity index (χ4v) is 4.08. The summed E-state index contributed by atoms with van der Waals surface area (Å²) in [6.07, 6.45) is 0.0204. The third-order valence-corrected chi connectivity index (χ3v) is 5.86. The number of hydrogen-bond donors (Lipinski definition) is 4. The van der Waals surface area contributed by atoms with Gasteiger partial charge in [0.1, 0.15) is 11.6 Å². The minimum absolute atomic E-state index is 0.203. The first kappa shape index (κ1) is 29.8. The number of piperidine rings is 1. The second-order valence-corrected chi connectivity index (χ2v) is 10.2. The highest BCUT2D eigenvalue weighted by Gasteiger charge is 2.39. The summed E-state index contributed by atoms with van der Waals surface area (Å²) in [7, 11) is 0. The van der Waals surface area contributed by atoms with Gasteiger partial charge in [-0.1, -0.05) is 12.1 Å². The molecule has 13 nitrogen and oxygen atoms in total. The number of fused-ring (bicyclic) bond motifs is 1. The zero-order chi connectivity index (χ0) is 28.4. The minimum atomic E-state index is -0.662. The zero-order valence-corrected chi connectivity index (χ0v) is 22.6. The molecule has 0 radical (unpaired) electrons. The second-order valence-electron chi connectivity index (χ2n) is 10.2. The molecule has 0 spiro atoms. The normalized spacial score (nSPS) is 16.9. The molecule has 1 atom stereocenters. The van der Waals surface area contributed by atoms with Crippen molar-refractivity contribution in [2.45, 2.75) is 58.3 Å². The molecule has 0 saturated carbocycles. The lowest BCUT2D eigenvalue weighted by Gasteiger charge is -2.29. The van der Waals surface area contributed by atoms with E-state index in [9.17, 15) is 24.0 Å².